The molecule has 0 aliphatic heterocycles. The molecule has 0 saturated heterocycles. The highest BCUT2D eigenvalue weighted by atomic mass is 19.1. The molecule has 19 heavy (non-hydrogen) atoms. The molecular formula is C13H14F2N4. The van der Waals surface area contributed by atoms with Crippen molar-refractivity contribution in [2.75, 3.05) is 17.2 Å². The number of halogens is 2. The fraction of sp³-hybridized carbons (Fsp3) is 0.231. The number of nitrogens with zero attached hydrogens (tertiary/aromatic N) is 2. The third kappa shape index (κ3) is 3.61. The largest absolute Gasteiger partial charge is 0.370 e. The van der Waals surface area contributed by atoms with Crippen LogP contribution in [0.5, 0.6) is 0 Å². The van der Waals surface area contributed by atoms with E-state index in [-0.39, 0.29) is 0 Å². The van der Waals surface area contributed by atoms with Gasteiger partial charge >= 0.3 is 0 Å². The van der Waals surface area contributed by atoms with Gasteiger partial charge in [0.25, 0.3) is 0 Å². The van der Waals surface area contributed by atoms with E-state index >= 15 is 0 Å². The van der Waals surface area contributed by atoms with Crippen LogP contribution in [0, 0.1) is 18.6 Å². The minimum Gasteiger partial charge on any atom is -0.370 e. The molecule has 0 spiro atoms. The topological polar surface area (TPSA) is 49.8 Å². The Morgan fingerprint density at radius 2 is 1.63 bits per heavy atom. The van der Waals surface area contributed by atoms with E-state index in [9.17, 15) is 8.78 Å². The average molecular weight is 264 g/mol. The molecule has 2 aromatic rings. The minimum absolute atomic E-state index is 0.304. The van der Waals surface area contributed by atoms with Crippen LogP contribution in [0.15, 0.2) is 24.3 Å². The van der Waals surface area contributed by atoms with Gasteiger partial charge in [0, 0.05) is 24.4 Å². The molecule has 0 aliphatic rings. The summed E-state index contributed by atoms with van der Waals surface area (Å²) in [5.74, 6) is 0.431. The van der Waals surface area contributed by atoms with E-state index in [1.807, 2.05) is 6.92 Å². The van der Waals surface area contributed by atoms with Crippen LogP contribution in [0.3, 0.4) is 0 Å². The minimum atomic E-state index is -0.639. The smallest absolute Gasteiger partial charge is 0.136 e. The molecule has 4 nitrogen and oxygen atoms in total. The first-order chi connectivity index (χ1) is 9.06. The predicted octanol–water partition coefficient (Wildman–Crippen LogP) is 3.24. The van der Waals surface area contributed by atoms with Gasteiger partial charge in [0.2, 0.25) is 0 Å². The fourth-order valence-electron chi connectivity index (χ4n) is 1.68. The molecule has 0 aliphatic carbocycles. The Bertz CT molecular complexity index is 567. The van der Waals surface area contributed by atoms with Crippen molar-refractivity contribution >= 4 is 17.3 Å². The van der Waals surface area contributed by atoms with Crippen molar-refractivity contribution in [2.24, 2.45) is 0 Å². The molecule has 2 N–H and O–H groups in total. The number of nitrogens with one attached hydrogen (secondary N) is 2. The highest BCUT2D eigenvalue weighted by molar-refractivity contribution is 5.59. The van der Waals surface area contributed by atoms with Crippen molar-refractivity contribution in [2.45, 2.75) is 13.8 Å². The molecule has 0 fully saturated rings. The normalized spacial score (nSPS) is 10.3. The summed E-state index contributed by atoms with van der Waals surface area (Å²) in [5.41, 5.74) is 0.304. The van der Waals surface area contributed by atoms with Gasteiger partial charge in [-0.1, -0.05) is 0 Å². The van der Waals surface area contributed by atoms with Crippen molar-refractivity contribution in [3.05, 3.63) is 41.7 Å². The monoisotopic (exact) mass is 264 g/mol. The zero-order valence-electron chi connectivity index (χ0n) is 10.7. The number of hydrogen-bond donors (Lipinski definition) is 2. The van der Waals surface area contributed by atoms with Gasteiger partial charge in [-0.2, -0.15) is 0 Å². The molecule has 2 rings (SSSR count). The molecule has 100 valence electrons. The van der Waals surface area contributed by atoms with Crippen molar-refractivity contribution in [1.29, 1.82) is 0 Å². The van der Waals surface area contributed by atoms with E-state index < -0.39 is 11.6 Å². The van der Waals surface area contributed by atoms with E-state index in [2.05, 4.69) is 20.6 Å². The first-order valence-corrected chi connectivity index (χ1v) is 5.89. The maximum Gasteiger partial charge on any atom is 0.136 e. The summed E-state index contributed by atoms with van der Waals surface area (Å²) < 4.78 is 26.2. The van der Waals surface area contributed by atoms with Gasteiger partial charge in [-0.05, 0) is 26.0 Å². The second-order valence-electron chi connectivity index (χ2n) is 4.00. The Morgan fingerprint density at radius 3 is 2.26 bits per heavy atom. The zero-order chi connectivity index (χ0) is 13.8. The molecule has 1 aromatic heterocycles. The van der Waals surface area contributed by atoms with Crippen LogP contribution in [0.1, 0.15) is 12.7 Å². The van der Waals surface area contributed by atoms with Gasteiger partial charge < -0.3 is 10.6 Å². The highest BCUT2D eigenvalue weighted by Gasteiger charge is 2.04. The van der Waals surface area contributed by atoms with Gasteiger partial charge in [-0.15, -0.1) is 0 Å². The summed E-state index contributed by atoms with van der Waals surface area (Å²) in [7, 11) is 0. The van der Waals surface area contributed by atoms with Crippen LogP contribution in [0.2, 0.25) is 0 Å². The summed E-state index contributed by atoms with van der Waals surface area (Å²) in [6, 6.07) is 4.90. The van der Waals surface area contributed by atoms with E-state index in [1.54, 1.807) is 13.0 Å². The lowest BCUT2D eigenvalue weighted by molar-refractivity contribution is 0.584. The van der Waals surface area contributed by atoms with Gasteiger partial charge in [0.15, 0.2) is 0 Å². The lowest BCUT2D eigenvalue weighted by atomic mass is 10.3. The molecule has 0 atom stereocenters. The Morgan fingerprint density at radius 1 is 1.00 bits per heavy atom. The number of aryl methyl sites for hydroxylation is 1. The molecule has 6 heteroatoms. The summed E-state index contributed by atoms with van der Waals surface area (Å²) in [6.45, 7) is 4.43. The Kier molecular flexibility index (Phi) is 3.89. The third-order valence-electron chi connectivity index (χ3n) is 2.33. The van der Waals surface area contributed by atoms with E-state index in [1.165, 1.54) is 12.1 Å². The Labute approximate surface area is 109 Å². The quantitative estimate of drug-likeness (QED) is 0.890. The molecule has 0 bridgehead atoms. The van der Waals surface area contributed by atoms with Gasteiger partial charge in [-0.3, -0.25) is 0 Å². The SMILES string of the molecule is CCNc1cc(Nc2cc(F)cc(F)c2)nc(C)n1. The maximum atomic E-state index is 13.1. The van der Waals surface area contributed by atoms with Crippen LogP contribution in [0.25, 0.3) is 0 Å². The summed E-state index contributed by atoms with van der Waals surface area (Å²) >= 11 is 0. The van der Waals surface area contributed by atoms with Crippen LogP contribution < -0.4 is 10.6 Å². The van der Waals surface area contributed by atoms with Gasteiger partial charge in [-0.25, -0.2) is 18.7 Å². The Hall–Kier alpha value is -2.24. The van der Waals surface area contributed by atoms with E-state index in [0.717, 1.165) is 12.6 Å². The van der Waals surface area contributed by atoms with E-state index in [4.69, 9.17) is 0 Å². The van der Waals surface area contributed by atoms with Crippen molar-refractivity contribution < 1.29 is 8.78 Å². The molecule has 0 radical (unpaired) electrons. The van der Waals surface area contributed by atoms with Gasteiger partial charge in [0.1, 0.15) is 29.1 Å². The summed E-state index contributed by atoms with van der Waals surface area (Å²) in [6.07, 6.45) is 0. The number of anilines is 3. The number of rotatable bonds is 4. The standard InChI is InChI=1S/C13H14F2N4/c1-3-16-12-7-13(18-8(2)17-12)19-11-5-9(14)4-10(15)6-11/h4-7H,3H2,1-2H3,(H2,16,17,18,19). The Balaban J connectivity index is 2.27. The molecule has 0 saturated carbocycles. The van der Waals surface area contributed by atoms with Crippen LogP contribution in [0.4, 0.5) is 26.1 Å². The van der Waals surface area contributed by atoms with Crippen molar-refractivity contribution in [3.8, 4) is 0 Å². The number of aromatic nitrogens is 2. The first-order valence-electron chi connectivity index (χ1n) is 5.89. The maximum absolute atomic E-state index is 13.1. The molecule has 1 aromatic carbocycles. The van der Waals surface area contributed by atoms with Gasteiger partial charge in [0.05, 0.1) is 0 Å². The molecule has 0 amide bonds. The zero-order valence-corrected chi connectivity index (χ0v) is 10.7. The number of benzene rings is 1. The second kappa shape index (κ2) is 5.60. The first kappa shape index (κ1) is 13.2. The van der Waals surface area contributed by atoms with Crippen molar-refractivity contribution in [1.82, 2.24) is 9.97 Å². The lowest BCUT2D eigenvalue weighted by Crippen LogP contribution is -2.04. The second-order valence-corrected chi connectivity index (χ2v) is 4.00. The molecule has 1 heterocycles. The van der Waals surface area contributed by atoms with E-state index in [0.29, 0.717) is 23.1 Å². The highest BCUT2D eigenvalue weighted by Crippen LogP contribution is 2.19. The third-order valence-corrected chi connectivity index (χ3v) is 2.33. The number of hydrogen-bond acceptors (Lipinski definition) is 4. The predicted molar refractivity (Wildman–Crippen MR) is 70.6 cm³/mol. The van der Waals surface area contributed by atoms with Crippen LogP contribution in [-0.4, -0.2) is 16.5 Å². The van der Waals surface area contributed by atoms with Crippen LogP contribution >= 0.6 is 0 Å². The summed E-state index contributed by atoms with van der Waals surface area (Å²) in [4.78, 5) is 8.35. The average Bonchev–Trinajstić information content (AvgIpc) is 2.26. The van der Waals surface area contributed by atoms with Crippen LogP contribution in [-0.2, 0) is 0 Å². The van der Waals surface area contributed by atoms with Crippen molar-refractivity contribution in [3.63, 3.8) is 0 Å². The molecular weight excluding hydrogens is 250 g/mol. The molecule has 0 unspecified atom stereocenters. The lowest BCUT2D eigenvalue weighted by Gasteiger charge is -2.09. The summed E-state index contributed by atoms with van der Waals surface area (Å²) in [5, 5.41) is 5.91. The fourth-order valence-corrected chi connectivity index (χ4v) is 1.68.